The third kappa shape index (κ3) is 4.73. The number of methoxy groups -OCH3 is 2. The van der Waals surface area contributed by atoms with Gasteiger partial charge in [-0.25, -0.2) is 14.9 Å². The largest absolute Gasteiger partial charge is 0.497 e. The number of para-hydroxylation sites is 1. The van der Waals surface area contributed by atoms with Crippen LogP contribution < -0.4 is 14.9 Å². The van der Waals surface area contributed by atoms with Crippen LogP contribution in [0.4, 0.5) is 4.79 Å². The molecule has 1 N–H and O–H groups in total. The number of carbonyl (C=O) groups is 1. The molecular weight excluding hydrogens is 372 g/mol. The average molecular weight is 394 g/mol. The van der Waals surface area contributed by atoms with Crippen LogP contribution in [0, 0.1) is 0 Å². The van der Waals surface area contributed by atoms with Gasteiger partial charge in [-0.05, 0) is 37.3 Å². The quantitative estimate of drug-likeness (QED) is 0.488. The van der Waals surface area contributed by atoms with Crippen molar-refractivity contribution in [3.63, 3.8) is 0 Å². The molecule has 0 atom stereocenters. The molecule has 1 heterocycles. The van der Waals surface area contributed by atoms with Crippen molar-refractivity contribution in [3.05, 3.63) is 60.3 Å². The number of hydrogen-bond donors (Lipinski definition) is 1. The van der Waals surface area contributed by atoms with E-state index in [9.17, 15) is 4.79 Å². The summed E-state index contributed by atoms with van der Waals surface area (Å²) in [5.74, 6) is 1.31. The lowest BCUT2D eigenvalue weighted by molar-refractivity contribution is 0.152. The van der Waals surface area contributed by atoms with Crippen molar-refractivity contribution in [3.8, 4) is 28.4 Å². The molecule has 150 valence electrons. The van der Waals surface area contributed by atoms with E-state index in [-0.39, 0.29) is 6.61 Å². The second-order valence-corrected chi connectivity index (χ2v) is 5.87. The number of ether oxygens (including phenoxy) is 3. The number of benzene rings is 2. The van der Waals surface area contributed by atoms with Gasteiger partial charge in [0.2, 0.25) is 0 Å². The first-order valence-corrected chi connectivity index (χ1v) is 8.99. The second-order valence-electron chi connectivity index (χ2n) is 5.87. The molecule has 0 aliphatic rings. The van der Waals surface area contributed by atoms with Gasteiger partial charge in [-0.1, -0.05) is 18.2 Å². The number of hydrazone groups is 1. The van der Waals surface area contributed by atoms with E-state index in [4.69, 9.17) is 19.3 Å². The smallest absolute Gasteiger partial charge is 0.427 e. The maximum atomic E-state index is 11.5. The fourth-order valence-electron chi connectivity index (χ4n) is 2.72. The van der Waals surface area contributed by atoms with Crippen molar-refractivity contribution in [1.29, 1.82) is 0 Å². The first kappa shape index (κ1) is 19.9. The summed E-state index contributed by atoms with van der Waals surface area (Å²) in [4.78, 5) is 11.5. The highest BCUT2D eigenvalue weighted by Crippen LogP contribution is 2.34. The van der Waals surface area contributed by atoms with Gasteiger partial charge in [0.15, 0.2) is 0 Å². The number of aromatic nitrogens is 2. The molecule has 2 aromatic carbocycles. The van der Waals surface area contributed by atoms with Crippen LogP contribution in [0.1, 0.15) is 12.5 Å². The van der Waals surface area contributed by atoms with Crippen LogP contribution in [0.25, 0.3) is 16.9 Å². The zero-order valence-corrected chi connectivity index (χ0v) is 16.5. The monoisotopic (exact) mass is 394 g/mol. The number of hydrogen-bond acceptors (Lipinski definition) is 6. The maximum Gasteiger partial charge on any atom is 0.427 e. The van der Waals surface area contributed by atoms with Gasteiger partial charge in [0.25, 0.3) is 0 Å². The molecule has 1 amide bonds. The molecule has 0 aliphatic heterocycles. The first-order valence-electron chi connectivity index (χ1n) is 8.99. The summed E-state index contributed by atoms with van der Waals surface area (Å²) < 4.78 is 17.4. The predicted octanol–water partition coefficient (Wildman–Crippen LogP) is 3.64. The minimum atomic E-state index is -0.625. The van der Waals surface area contributed by atoms with Crippen molar-refractivity contribution in [2.45, 2.75) is 6.92 Å². The van der Waals surface area contributed by atoms with Crippen molar-refractivity contribution in [1.82, 2.24) is 15.2 Å². The number of carbonyl (C=O) groups excluding carboxylic acids is 1. The third-order valence-electron chi connectivity index (χ3n) is 4.06. The molecular formula is C21H22N4O4. The van der Waals surface area contributed by atoms with Crippen LogP contribution in [-0.2, 0) is 4.74 Å². The first-order chi connectivity index (χ1) is 14.2. The van der Waals surface area contributed by atoms with E-state index in [1.807, 2.05) is 54.7 Å². The van der Waals surface area contributed by atoms with Gasteiger partial charge in [-0.2, -0.15) is 10.2 Å². The highest BCUT2D eigenvalue weighted by molar-refractivity contribution is 5.90. The molecule has 0 unspecified atom stereocenters. The van der Waals surface area contributed by atoms with Gasteiger partial charge in [0, 0.05) is 17.3 Å². The summed E-state index contributed by atoms with van der Waals surface area (Å²) >= 11 is 0. The SMILES string of the molecule is CCOC(=O)N/N=C\c1cn(-c2ccccc2)nc1-c1cc(OC)ccc1OC. The zero-order valence-electron chi connectivity index (χ0n) is 16.5. The summed E-state index contributed by atoms with van der Waals surface area (Å²) in [6.45, 7) is 1.99. The average Bonchev–Trinajstić information content (AvgIpc) is 3.18. The van der Waals surface area contributed by atoms with Gasteiger partial charge < -0.3 is 14.2 Å². The Balaban J connectivity index is 2.06. The Bertz CT molecular complexity index is 999. The van der Waals surface area contributed by atoms with Crippen LogP contribution in [0.5, 0.6) is 11.5 Å². The third-order valence-corrected chi connectivity index (χ3v) is 4.06. The summed E-state index contributed by atoms with van der Waals surface area (Å²) in [5.41, 5.74) is 5.25. The molecule has 29 heavy (non-hydrogen) atoms. The number of amides is 1. The molecule has 3 rings (SSSR count). The van der Waals surface area contributed by atoms with Crippen molar-refractivity contribution in [2.24, 2.45) is 5.10 Å². The van der Waals surface area contributed by atoms with Gasteiger partial charge in [0.05, 0.1) is 32.7 Å². The van der Waals surface area contributed by atoms with E-state index in [0.717, 1.165) is 11.3 Å². The fraction of sp³-hybridized carbons (Fsp3) is 0.190. The Morgan fingerprint density at radius 3 is 2.66 bits per heavy atom. The standard InChI is InChI=1S/C21H22N4O4/c1-4-29-21(26)23-22-13-15-14-25(16-8-6-5-7-9-16)24-20(15)18-12-17(27-2)10-11-19(18)28-3/h5-14H,4H2,1-3H3,(H,23,26)/b22-13-. The van der Waals surface area contributed by atoms with Gasteiger partial charge >= 0.3 is 6.09 Å². The van der Waals surface area contributed by atoms with Gasteiger partial charge in [-0.3, -0.25) is 0 Å². The highest BCUT2D eigenvalue weighted by Gasteiger charge is 2.16. The molecule has 0 saturated carbocycles. The molecule has 0 radical (unpaired) electrons. The highest BCUT2D eigenvalue weighted by atomic mass is 16.5. The molecule has 0 saturated heterocycles. The van der Waals surface area contributed by atoms with Crippen molar-refractivity contribution >= 4 is 12.3 Å². The normalized spacial score (nSPS) is 10.7. The zero-order chi connectivity index (χ0) is 20.6. The van der Waals surface area contributed by atoms with Crippen LogP contribution >= 0.6 is 0 Å². The number of nitrogens with one attached hydrogen (secondary N) is 1. The lowest BCUT2D eigenvalue weighted by Crippen LogP contribution is -2.18. The molecule has 0 fully saturated rings. The summed E-state index contributed by atoms with van der Waals surface area (Å²) in [6.07, 6.45) is 2.71. The Kier molecular flexibility index (Phi) is 6.47. The Hall–Kier alpha value is -3.81. The molecule has 1 aromatic heterocycles. The molecule has 0 spiro atoms. The van der Waals surface area contributed by atoms with Crippen molar-refractivity contribution in [2.75, 3.05) is 20.8 Å². The molecule has 8 heteroatoms. The van der Waals surface area contributed by atoms with Crippen LogP contribution in [0.2, 0.25) is 0 Å². The molecule has 8 nitrogen and oxygen atoms in total. The number of rotatable bonds is 7. The molecule has 0 bridgehead atoms. The van der Waals surface area contributed by atoms with E-state index < -0.39 is 6.09 Å². The number of nitrogens with zero attached hydrogens (tertiary/aromatic N) is 3. The van der Waals surface area contributed by atoms with Crippen LogP contribution in [0.3, 0.4) is 0 Å². The Morgan fingerprint density at radius 1 is 1.17 bits per heavy atom. The summed E-state index contributed by atoms with van der Waals surface area (Å²) in [6, 6.07) is 15.1. The van der Waals surface area contributed by atoms with E-state index in [1.165, 1.54) is 6.21 Å². The van der Waals surface area contributed by atoms with Crippen LogP contribution in [-0.4, -0.2) is 42.9 Å². The second kappa shape index (κ2) is 9.41. The molecule has 0 aliphatic carbocycles. The predicted molar refractivity (Wildman–Crippen MR) is 110 cm³/mol. The maximum absolute atomic E-state index is 11.5. The summed E-state index contributed by atoms with van der Waals surface area (Å²) in [7, 11) is 3.19. The Morgan fingerprint density at radius 2 is 1.97 bits per heavy atom. The van der Waals surface area contributed by atoms with E-state index in [2.05, 4.69) is 10.5 Å². The minimum absolute atomic E-state index is 0.263. The molecule has 3 aromatic rings. The lowest BCUT2D eigenvalue weighted by atomic mass is 10.1. The van der Waals surface area contributed by atoms with E-state index >= 15 is 0 Å². The van der Waals surface area contributed by atoms with Crippen LogP contribution in [0.15, 0.2) is 59.8 Å². The van der Waals surface area contributed by atoms with Gasteiger partial charge in [-0.15, -0.1) is 0 Å². The van der Waals surface area contributed by atoms with E-state index in [1.54, 1.807) is 25.8 Å². The Labute approximate surface area is 168 Å². The van der Waals surface area contributed by atoms with E-state index in [0.29, 0.717) is 22.8 Å². The van der Waals surface area contributed by atoms with Crippen molar-refractivity contribution < 1.29 is 19.0 Å². The summed E-state index contributed by atoms with van der Waals surface area (Å²) in [5, 5.41) is 8.69. The topological polar surface area (TPSA) is 87.0 Å². The van der Waals surface area contributed by atoms with Gasteiger partial charge in [0.1, 0.15) is 17.2 Å². The fourth-order valence-corrected chi connectivity index (χ4v) is 2.72. The minimum Gasteiger partial charge on any atom is -0.497 e. The lowest BCUT2D eigenvalue weighted by Gasteiger charge is -2.09.